The average Bonchev–Trinajstić information content (AvgIpc) is 3.01. The van der Waals surface area contributed by atoms with Crippen molar-refractivity contribution in [2.75, 3.05) is 24.6 Å². The molecule has 6 nitrogen and oxygen atoms in total. The molecule has 0 aliphatic carbocycles. The van der Waals surface area contributed by atoms with E-state index in [4.69, 9.17) is 10.00 Å². The number of nitrogens with zero attached hydrogens (tertiary/aromatic N) is 4. The van der Waals surface area contributed by atoms with Crippen LogP contribution in [0.2, 0.25) is 0 Å². The molecule has 1 saturated heterocycles. The smallest absolute Gasteiger partial charge is 0.369 e. The molecule has 10 heteroatoms. The summed E-state index contributed by atoms with van der Waals surface area (Å²) >= 11 is -0.514. The van der Waals surface area contributed by atoms with E-state index < -0.39 is 23.7 Å². The first-order valence-electron chi connectivity index (χ1n) is 7.52. The molecule has 3 rings (SSSR count). The van der Waals surface area contributed by atoms with Gasteiger partial charge in [-0.25, -0.2) is 4.52 Å². The van der Waals surface area contributed by atoms with Crippen LogP contribution < -0.4 is 4.90 Å². The predicted molar refractivity (Wildman–Crippen MR) is 86.1 cm³/mol. The highest BCUT2D eigenvalue weighted by Gasteiger charge is 2.32. The Bertz CT molecular complexity index is 789. The van der Waals surface area contributed by atoms with E-state index in [1.807, 2.05) is 17.9 Å². The maximum absolute atomic E-state index is 12.2. The van der Waals surface area contributed by atoms with E-state index in [9.17, 15) is 13.2 Å². The fraction of sp³-hybridized carbons (Fsp3) is 0.467. The number of nitriles is 1. The summed E-state index contributed by atoms with van der Waals surface area (Å²) < 4.78 is 48.4. The number of hydrogen-bond acceptors (Lipinski definition) is 6. The van der Waals surface area contributed by atoms with Crippen molar-refractivity contribution in [1.82, 2.24) is 9.61 Å². The number of fused-ring (bicyclic) bond motifs is 1. The molecule has 2 aromatic rings. The van der Waals surface area contributed by atoms with Gasteiger partial charge in [0.15, 0.2) is 0 Å². The molecule has 25 heavy (non-hydrogen) atoms. The van der Waals surface area contributed by atoms with Gasteiger partial charge in [0.1, 0.15) is 23.8 Å². The second-order valence-electron chi connectivity index (χ2n) is 5.63. The fourth-order valence-electron chi connectivity index (χ4n) is 2.87. The average molecular weight is 372 g/mol. The lowest BCUT2D eigenvalue weighted by Crippen LogP contribution is -2.48. The molecule has 1 aliphatic heterocycles. The molecule has 0 radical (unpaired) electrons. The molecule has 1 aliphatic rings. The highest BCUT2D eigenvalue weighted by molar-refractivity contribution is 7.95. The molecule has 0 amide bonds. The van der Waals surface area contributed by atoms with Crippen molar-refractivity contribution < 1.29 is 22.1 Å². The summed E-state index contributed by atoms with van der Waals surface area (Å²) in [4.78, 5) is 2.01. The maximum atomic E-state index is 12.2. The summed E-state index contributed by atoms with van der Waals surface area (Å²) in [5.41, 5.74) is -2.42. The number of pyridine rings is 1. The summed E-state index contributed by atoms with van der Waals surface area (Å²) in [7, 11) is 0. The highest BCUT2D eigenvalue weighted by Crippen LogP contribution is 2.32. The number of anilines is 1. The molecule has 0 spiro atoms. The van der Waals surface area contributed by atoms with Crippen molar-refractivity contribution in [3.05, 3.63) is 30.1 Å². The monoisotopic (exact) mass is 372 g/mol. The number of rotatable bonds is 4. The first-order chi connectivity index (χ1) is 11.9. The minimum absolute atomic E-state index is 0.170. The Kier molecular flexibility index (Phi) is 5.08. The van der Waals surface area contributed by atoms with E-state index >= 15 is 0 Å². The molecule has 0 bridgehead atoms. The van der Waals surface area contributed by atoms with Gasteiger partial charge in [0.05, 0.1) is 36.2 Å². The van der Waals surface area contributed by atoms with Crippen LogP contribution >= 0.6 is 12.0 Å². The van der Waals surface area contributed by atoms with Crippen molar-refractivity contribution in [1.29, 1.82) is 5.26 Å². The van der Waals surface area contributed by atoms with Gasteiger partial charge in [-0.05, 0) is 25.1 Å². The van der Waals surface area contributed by atoms with Gasteiger partial charge < -0.3 is 13.8 Å². The first-order valence-corrected chi connectivity index (χ1v) is 8.26. The van der Waals surface area contributed by atoms with Crippen LogP contribution in [0.4, 0.5) is 18.9 Å². The van der Waals surface area contributed by atoms with Crippen LogP contribution in [0.5, 0.6) is 0 Å². The van der Waals surface area contributed by atoms with Crippen molar-refractivity contribution in [2.24, 2.45) is 0 Å². The molecule has 0 N–H and O–H groups in total. The number of ether oxygens (including phenoxy) is 1. The van der Waals surface area contributed by atoms with Gasteiger partial charge in [-0.2, -0.15) is 23.5 Å². The van der Waals surface area contributed by atoms with Crippen LogP contribution in [0, 0.1) is 11.3 Å². The molecule has 2 atom stereocenters. The Morgan fingerprint density at radius 3 is 2.92 bits per heavy atom. The second-order valence-corrected chi connectivity index (χ2v) is 6.50. The lowest BCUT2D eigenvalue weighted by atomic mass is 10.2. The molecular formula is C15H15F3N4O2S. The normalized spacial score (nSPS) is 21.5. The van der Waals surface area contributed by atoms with Crippen LogP contribution in [0.1, 0.15) is 12.6 Å². The SMILES string of the molecule is CC1CN(c2ccc(C#N)n3nccc23)CC(COSC(F)(F)F)O1. The third-order valence-corrected chi connectivity index (χ3v) is 4.16. The molecule has 3 heterocycles. The van der Waals surface area contributed by atoms with Gasteiger partial charge in [-0.15, -0.1) is 0 Å². The van der Waals surface area contributed by atoms with Crippen molar-refractivity contribution in [2.45, 2.75) is 24.6 Å². The number of alkyl halides is 3. The van der Waals surface area contributed by atoms with Gasteiger partial charge in [0, 0.05) is 13.1 Å². The topological polar surface area (TPSA) is 62.8 Å². The largest absolute Gasteiger partial charge is 0.467 e. The summed E-state index contributed by atoms with van der Waals surface area (Å²) in [6, 6.07) is 7.35. The third-order valence-electron chi connectivity index (χ3n) is 3.72. The van der Waals surface area contributed by atoms with Gasteiger partial charge in [-0.1, -0.05) is 0 Å². The van der Waals surface area contributed by atoms with E-state index in [1.54, 1.807) is 22.8 Å². The number of hydrogen-bond donors (Lipinski definition) is 0. The van der Waals surface area contributed by atoms with E-state index in [2.05, 4.69) is 15.4 Å². The second kappa shape index (κ2) is 7.11. The van der Waals surface area contributed by atoms with Crippen molar-refractivity contribution >= 4 is 23.2 Å². The van der Waals surface area contributed by atoms with Gasteiger partial charge in [0.25, 0.3) is 0 Å². The molecule has 134 valence electrons. The van der Waals surface area contributed by atoms with E-state index in [0.717, 1.165) is 11.2 Å². The number of aromatic nitrogens is 2. The summed E-state index contributed by atoms with van der Waals surface area (Å²) in [5.74, 6) is 0. The van der Waals surface area contributed by atoms with Gasteiger partial charge in [-0.3, -0.25) is 0 Å². The molecule has 2 aromatic heterocycles. The zero-order valence-electron chi connectivity index (χ0n) is 13.2. The number of morpholine rings is 1. The standard InChI is InChI=1S/C15H15F3N4O2S/c1-10-7-21(8-12(24-10)9-23-25-15(16,17)18)13-3-2-11(6-19)22-14(13)4-5-20-22/h2-5,10,12H,7-9H2,1H3. The third kappa shape index (κ3) is 4.18. The van der Waals surface area contributed by atoms with Crippen LogP contribution in [0.25, 0.3) is 5.52 Å². The van der Waals surface area contributed by atoms with Gasteiger partial charge >= 0.3 is 5.51 Å². The fourth-order valence-corrected chi connectivity index (χ4v) is 3.22. The molecular weight excluding hydrogens is 357 g/mol. The highest BCUT2D eigenvalue weighted by atomic mass is 32.2. The Balaban J connectivity index is 1.76. The van der Waals surface area contributed by atoms with E-state index in [0.29, 0.717) is 18.8 Å². The quantitative estimate of drug-likeness (QED) is 0.769. The van der Waals surface area contributed by atoms with E-state index in [1.165, 1.54) is 0 Å². The van der Waals surface area contributed by atoms with Crippen LogP contribution in [0.3, 0.4) is 0 Å². The lowest BCUT2D eigenvalue weighted by molar-refractivity contribution is -0.0521. The van der Waals surface area contributed by atoms with Crippen LogP contribution in [0.15, 0.2) is 24.4 Å². The Labute approximate surface area is 146 Å². The molecule has 2 unspecified atom stereocenters. The van der Waals surface area contributed by atoms with Crippen LogP contribution in [-0.4, -0.2) is 47.0 Å². The van der Waals surface area contributed by atoms with Gasteiger partial charge in [0.2, 0.25) is 0 Å². The summed E-state index contributed by atoms with van der Waals surface area (Å²) in [5, 5.41) is 13.3. The Morgan fingerprint density at radius 2 is 2.20 bits per heavy atom. The lowest BCUT2D eigenvalue weighted by Gasteiger charge is -2.38. The zero-order chi connectivity index (χ0) is 18.0. The summed E-state index contributed by atoms with van der Waals surface area (Å²) in [6.07, 6.45) is 0.943. The zero-order valence-corrected chi connectivity index (χ0v) is 14.0. The molecule has 0 saturated carbocycles. The summed E-state index contributed by atoms with van der Waals surface area (Å²) in [6.45, 7) is 2.65. The first kappa shape index (κ1) is 17.8. The minimum atomic E-state index is -4.43. The molecule has 1 fully saturated rings. The van der Waals surface area contributed by atoms with Crippen molar-refractivity contribution in [3.8, 4) is 6.07 Å². The number of halogens is 3. The van der Waals surface area contributed by atoms with Crippen molar-refractivity contribution in [3.63, 3.8) is 0 Å². The maximum Gasteiger partial charge on any atom is 0.467 e. The Hall–Kier alpha value is -1.96. The van der Waals surface area contributed by atoms with Crippen LogP contribution in [-0.2, 0) is 8.92 Å². The minimum Gasteiger partial charge on any atom is -0.369 e. The van der Waals surface area contributed by atoms with E-state index in [-0.39, 0.29) is 12.7 Å². The Morgan fingerprint density at radius 1 is 1.40 bits per heavy atom. The predicted octanol–water partition coefficient (Wildman–Crippen LogP) is 2.98. The molecule has 0 aromatic carbocycles.